The van der Waals surface area contributed by atoms with Crippen LogP contribution in [0.1, 0.15) is 19.3 Å². The Morgan fingerprint density at radius 3 is 2.30 bits per heavy atom. The third-order valence-corrected chi connectivity index (χ3v) is 1.10. The minimum Gasteiger partial charge on any atom is -0.320 e. The first-order chi connectivity index (χ1) is 4.27. The zero-order valence-electron chi connectivity index (χ0n) is 6.07. The molecule has 1 N–H and O–H groups in total. The first-order valence-electron chi connectivity index (χ1n) is 3.20. The van der Waals surface area contributed by atoms with Gasteiger partial charge in [-0.25, -0.2) is 8.78 Å². The van der Waals surface area contributed by atoms with Gasteiger partial charge in [-0.05, 0) is 26.4 Å². The van der Waals surface area contributed by atoms with Gasteiger partial charge in [-0.2, -0.15) is 0 Å². The van der Waals surface area contributed by atoms with Crippen molar-refractivity contribution >= 4 is 12.4 Å². The summed E-state index contributed by atoms with van der Waals surface area (Å²) in [4.78, 5) is 0. The van der Waals surface area contributed by atoms with E-state index in [1.54, 1.807) is 0 Å². The lowest BCUT2D eigenvalue weighted by Gasteiger charge is -1.97. The van der Waals surface area contributed by atoms with Gasteiger partial charge in [-0.3, -0.25) is 0 Å². The van der Waals surface area contributed by atoms with Gasteiger partial charge < -0.3 is 5.32 Å². The van der Waals surface area contributed by atoms with Gasteiger partial charge in [0.2, 0.25) is 6.43 Å². The zero-order chi connectivity index (χ0) is 7.11. The van der Waals surface area contributed by atoms with Crippen LogP contribution in [0.15, 0.2) is 0 Å². The first kappa shape index (κ1) is 12.8. The van der Waals surface area contributed by atoms with E-state index in [1.165, 1.54) is 0 Å². The lowest BCUT2D eigenvalue weighted by Crippen LogP contribution is -2.07. The van der Waals surface area contributed by atoms with E-state index in [9.17, 15) is 8.78 Å². The molecule has 0 amide bonds. The summed E-state index contributed by atoms with van der Waals surface area (Å²) in [6.45, 7) is 0.840. The van der Waals surface area contributed by atoms with Crippen molar-refractivity contribution in [2.24, 2.45) is 0 Å². The standard InChI is InChI=1S/C6H13F2N.ClH/c1-9-5-3-2-4-6(7)8;/h6,9H,2-5H2,1H3;1H. The summed E-state index contributed by atoms with van der Waals surface area (Å²) in [5, 5.41) is 2.90. The number of halogens is 3. The van der Waals surface area contributed by atoms with Crippen LogP contribution in [0.4, 0.5) is 8.78 Å². The molecular formula is C6H14ClF2N. The van der Waals surface area contributed by atoms with Crippen LogP contribution in [0.25, 0.3) is 0 Å². The van der Waals surface area contributed by atoms with E-state index in [4.69, 9.17) is 0 Å². The predicted octanol–water partition coefficient (Wildman–Crippen LogP) is 2.06. The second-order valence-corrected chi connectivity index (χ2v) is 1.99. The third-order valence-electron chi connectivity index (χ3n) is 1.10. The lowest BCUT2D eigenvalue weighted by atomic mass is 10.2. The Labute approximate surface area is 66.6 Å². The average molecular weight is 174 g/mol. The molecule has 4 heteroatoms. The highest BCUT2D eigenvalue weighted by molar-refractivity contribution is 5.85. The lowest BCUT2D eigenvalue weighted by molar-refractivity contribution is 0.134. The largest absolute Gasteiger partial charge is 0.320 e. The minimum absolute atomic E-state index is 0. The van der Waals surface area contributed by atoms with Crippen molar-refractivity contribution in [2.75, 3.05) is 13.6 Å². The van der Waals surface area contributed by atoms with Crippen molar-refractivity contribution in [3.05, 3.63) is 0 Å². The van der Waals surface area contributed by atoms with Crippen molar-refractivity contribution in [1.29, 1.82) is 0 Å². The van der Waals surface area contributed by atoms with Crippen molar-refractivity contribution in [1.82, 2.24) is 5.32 Å². The van der Waals surface area contributed by atoms with Gasteiger partial charge >= 0.3 is 0 Å². The zero-order valence-corrected chi connectivity index (χ0v) is 6.89. The van der Waals surface area contributed by atoms with Gasteiger partial charge in [0, 0.05) is 6.42 Å². The summed E-state index contributed by atoms with van der Waals surface area (Å²) in [6, 6.07) is 0. The van der Waals surface area contributed by atoms with E-state index < -0.39 is 6.43 Å². The van der Waals surface area contributed by atoms with Crippen molar-refractivity contribution in [2.45, 2.75) is 25.7 Å². The topological polar surface area (TPSA) is 12.0 Å². The summed E-state index contributed by atoms with van der Waals surface area (Å²) in [5.41, 5.74) is 0. The molecule has 0 aromatic heterocycles. The maximum atomic E-state index is 11.4. The smallest absolute Gasteiger partial charge is 0.238 e. The quantitative estimate of drug-likeness (QED) is 0.628. The molecule has 0 aliphatic carbocycles. The van der Waals surface area contributed by atoms with Crippen LogP contribution in [0.3, 0.4) is 0 Å². The molecule has 0 saturated carbocycles. The Morgan fingerprint density at radius 1 is 1.30 bits per heavy atom. The molecule has 0 bridgehead atoms. The Bertz CT molecular complexity index is 61.7. The maximum Gasteiger partial charge on any atom is 0.238 e. The summed E-state index contributed by atoms with van der Waals surface area (Å²) >= 11 is 0. The first-order valence-corrected chi connectivity index (χ1v) is 3.20. The molecule has 10 heavy (non-hydrogen) atoms. The number of hydrogen-bond acceptors (Lipinski definition) is 1. The Morgan fingerprint density at radius 2 is 1.90 bits per heavy atom. The second kappa shape index (κ2) is 9.11. The monoisotopic (exact) mass is 173 g/mol. The highest BCUT2D eigenvalue weighted by Crippen LogP contribution is 2.03. The molecule has 0 rings (SSSR count). The summed E-state index contributed by atoms with van der Waals surface area (Å²) in [5.74, 6) is 0. The Balaban J connectivity index is 0. The third kappa shape index (κ3) is 11.0. The molecule has 0 aromatic rings. The van der Waals surface area contributed by atoms with E-state index in [0.29, 0.717) is 6.42 Å². The number of unbranched alkanes of at least 4 members (excludes halogenated alkanes) is 1. The van der Waals surface area contributed by atoms with Gasteiger partial charge in [0.1, 0.15) is 0 Å². The molecule has 0 unspecified atom stereocenters. The van der Waals surface area contributed by atoms with Crippen molar-refractivity contribution in [3.8, 4) is 0 Å². The molecule has 0 spiro atoms. The van der Waals surface area contributed by atoms with E-state index in [2.05, 4.69) is 5.32 Å². The molecule has 0 aliphatic rings. The molecule has 0 saturated heterocycles. The van der Waals surface area contributed by atoms with Crippen LogP contribution in [-0.4, -0.2) is 20.0 Å². The van der Waals surface area contributed by atoms with E-state index in [-0.39, 0.29) is 18.8 Å². The molecule has 1 nitrogen and oxygen atoms in total. The van der Waals surface area contributed by atoms with Crippen LogP contribution in [-0.2, 0) is 0 Å². The summed E-state index contributed by atoms with van der Waals surface area (Å²) in [6.07, 6.45) is -0.608. The van der Waals surface area contributed by atoms with Gasteiger partial charge in [-0.1, -0.05) is 0 Å². The average Bonchev–Trinajstić information content (AvgIpc) is 1.80. The van der Waals surface area contributed by atoms with Crippen LogP contribution < -0.4 is 5.32 Å². The van der Waals surface area contributed by atoms with E-state index in [0.717, 1.165) is 13.0 Å². The van der Waals surface area contributed by atoms with Gasteiger partial charge in [0.25, 0.3) is 0 Å². The minimum atomic E-state index is -2.12. The fraction of sp³-hybridized carbons (Fsp3) is 1.00. The van der Waals surface area contributed by atoms with Crippen molar-refractivity contribution in [3.63, 3.8) is 0 Å². The highest BCUT2D eigenvalue weighted by atomic mass is 35.5. The maximum absolute atomic E-state index is 11.4. The number of alkyl halides is 2. The van der Waals surface area contributed by atoms with Crippen LogP contribution in [0.5, 0.6) is 0 Å². The Kier molecular flexibility index (Phi) is 11.6. The van der Waals surface area contributed by atoms with Gasteiger partial charge in [0.05, 0.1) is 0 Å². The van der Waals surface area contributed by atoms with Crippen LogP contribution in [0, 0.1) is 0 Å². The second-order valence-electron chi connectivity index (χ2n) is 1.99. The molecular weight excluding hydrogens is 160 g/mol. The number of nitrogens with one attached hydrogen (secondary N) is 1. The number of rotatable bonds is 5. The highest BCUT2D eigenvalue weighted by Gasteiger charge is 1.99. The summed E-state index contributed by atoms with van der Waals surface area (Å²) < 4.78 is 22.9. The van der Waals surface area contributed by atoms with E-state index in [1.807, 2.05) is 7.05 Å². The Hall–Kier alpha value is 0.110. The van der Waals surface area contributed by atoms with Crippen LogP contribution >= 0.6 is 12.4 Å². The summed E-state index contributed by atoms with van der Waals surface area (Å²) in [7, 11) is 1.82. The van der Waals surface area contributed by atoms with Crippen LogP contribution in [0.2, 0.25) is 0 Å². The molecule has 64 valence electrons. The normalized spacial score (nSPS) is 9.60. The fourth-order valence-electron chi connectivity index (χ4n) is 0.600. The molecule has 0 heterocycles. The number of hydrogen-bond donors (Lipinski definition) is 1. The van der Waals surface area contributed by atoms with Gasteiger partial charge in [0.15, 0.2) is 0 Å². The van der Waals surface area contributed by atoms with Gasteiger partial charge in [-0.15, -0.1) is 12.4 Å². The molecule has 0 aliphatic heterocycles. The molecule has 0 radical (unpaired) electrons. The molecule has 0 aromatic carbocycles. The van der Waals surface area contributed by atoms with E-state index >= 15 is 0 Å². The molecule has 0 atom stereocenters. The van der Waals surface area contributed by atoms with Crippen molar-refractivity contribution < 1.29 is 8.78 Å². The SMILES string of the molecule is CNCCCCC(F)F.Cl. The fourth-order valence-corrected chi connectivity index (χ4v) is 0.600. The molecule has 0 fully saturated rings. The predicted molar refractivity (Wildman–Crippen MR) is 41.0 cm³/mol.